The quantitative estimate of drug-likeness (QED) is 0.870. The molecule has 0 aromatic heterocycles. The van der Waals surface area contributed by atoms with Gasteiger partial charge >= 0.3 is 0 Å². The molecule has 1 fully saturated rings. The van der Waals surface area contributed by atoms with Gasteiger partial charge < -0.3 is 5.32 Å². The maximum absolute atomic E-state index is 13.6. The molecule has 0 saturated carbocycles. The van der Waals surface area contributed by atoms with Gasteiger partial charge in [0.15, 0.2) is 0 Å². The Hall–Kier alpha value is -0.350. The molecule has 1 aromatic rings. The lowest BCUT2D eigenvalue weighted by molar-refractivity contribution is 0.162. The molecule has 0 aliphatic carbocycles. The monoisotopic (exact) mass is 336 g/mol. The van der Waals surface area contributed by atoms with Crippen LogP contribution in [-0.2, 0) is 0 Å². The fourth-order valence-electron chi connectivity index (χ4n) is 2.90. The Labute approximate surface area is 140 Å². The molecule has 0 bridgehead atoms. The number of halogens is 3. The summed E-state index contributed by atoms with van der Waals surface area (Å²) < 4.78 is 13.6. The van der Waals surface area contributed by atoms with Crippen molar-refractivity contribution < 1.29 is 4.39 Å². The molecule has 5 heteroatoms. The van der Waals surface area contributed by atoms with Gasteiger partial charge in [-0.3, -0.25) is 4.90 Å². The summed E-state index contributed by atoms with van der Waals surface area (Å²) in [7, 11) is 0. The smallest absolute Gasteiger partial charge is 0.123 e. The Morgan fingerprint density at radius 1 is 1.24 bits per heavy atom. The summed E-state index contributed by atoms with van der Waals surface area (Å²) >= 11 is 0. The van der Waals surface area contributed by atoms with E-state index in [1.165, 1.54) is 24.0 Å². The zero-order valence-electron chi connectivity index (χ0n) is 12.9. The summed E-state index contributed by atoms with van der Waals surface area (Å²) in [6.07, 6.45) is 3.52. The summed E-state index contributed by atoms with van der Waals surface area (Å²) in [5.41, 5.74) is 2.39. The van der Waals surface area contributed by atoms with E-state index in [0.717, 1.165) is 32.6 Å². The predicted octanol–water partition coefficient (Wildman–Crippen LogP) is 4.11. The molecule has 1 saturated heterocycles. The molecule has 0 spiro atoms. The van der Waals surface area contributed by atoms with Crippen molar-refractivity contribution in [1.29, 1.82) is 0 Å². The highest BCUT2D eigenvalue weighted by atomic mass is 35.5. The Morgan fingerprint density at radius 2 is 1.90 bits per heavy atom. The Balaban J connectivity index is 0.00000200. The van der Waals surface area contributed by atoms with Crippen molar-refractivity contribution in [2.75, 3.05) is 26.2 Å². The summed E-state index contributed by atoms with van der Waals surface area (Å²) in [4.78, 5) is 2.51. The van der Waals surface area contributed by atoms with Crippen molar-refractivity contribution in [3.8, 4) is 0 Å². The molecule has 1 N–H and O–H groups in total. The molecule has 1 heterocycles. The fourth-order valence-corrected chi connectivity index (χ4v) is 2.90. The number of unbranched alkanes of at least 4 members (excludes halogenated alkanes) is 1. The largest absolute Gasteiger partial charge is 0.314 e. The minimum atomic E-state index is -0.114. The number of nitrogens with zero attached hydrogens (tertiary/aromatic N) is 1. The van der Waals surface area contributed by atoms with Crippen molar-refractivity contribution in [3.05, 3.63) is 35.1 Å². The predicted molar refractivity (Wildman–Crippen MR) is 92.3 cm³/mol. The Morgan fingerprint density at radius 3 is 2.52 bits per heavy atom. The van der Waals surface area contributed by atoms with Gasteiger partial charge in [0.25, 0.3) is 0 Å². The van der Waals surface area contributed by atoms with Crippen LogP contribution in [0.1, 0.15) is 43.4 Å². The van der Waals surface area contributed by atoms with Gasteiger partial charge in [0, 0.05) is 32.2 Å². The minimum Gasteiger partial charge on any atom is -0.314 e. The maximum atomic E-state index is 13.6. The number of nitrogens with one attached hydrogen (secondary N) is 1. The van der Waals surface area contributed by atoms with Gasteiger partial charge in [-0.2, -0.15) is 0 Å². The molecular formula is C16H27Cl2FN2. The number of hydrogen-bond acceptors (Lipinski definition) is 2. The van der Waals surface area contributed by atoms with Gasteiger partial charge in [-0.05, 0) is 36.6 Å². The summed E-state index contributed by atoms with van der Waals surface area (Å²) in [6, 6.07) is 5.58. The first kappa shape index (κ1) is 20.6. The van der Waals surface area contributed by atoms with Crippen LogP contribution in [-0.4, -0.2) is 31.1 Å². The van der Waals surface area contributed by atoms with Crippen LogP contribution in [0.4, 0.5) is 4.39 Å². The first-order valence-corrected chi connectivity index (χ1v) is 7.43. The molecule has 21 heavy (non-hydrogen) atoms. The van der Waals surface area contributed by atoms with Gasteiger partial charge in [0.1, 0.15) is 5.82 Å². The highest BCUT2D eigenvalue weighted by molar-refractivity contribution is 5.85. The van der Waals surface area contributed by atoms with Crippen LogP contribution in [0.3, 0.4) is 0 Å². The van der Waals surface area contributed by atoms with Crippen molar-refractivity contribution in [1.82, 2.24) is 10.2 Å². The number of rotatable bonds is 5. The third kappa shape index (κ3) is 5.74. The average molecular weight is 337 g/mol. The van der Waals surface area contributed by atoms with Gasteiger partial charge in [0.05, 0.1) is 0 Å². The minimum absolute atomic E-state index is 0. The van der Waals surface area contributed by atoms with Crippen LogP contribution in [0, 0.1) is 12.7 Å². The van der Waals surface area contributed by atoms with Gasteiger partial charge in [-0.1, -0.05) is 25.8 Å². The SMILES string of the molecule is CCCC[C@H](c1cc(F)ccc1C)N1CCNCC1.Cl.Cl. The third-order valence-electron chi connectivity index (χ3n) is 4.02. The number of benzene rings is 1. The molecule has 0 unspecified atom stereocenters. The van der Waals surface area contributed by atoms with E-state index in [2.05, 4.69) is 24.1 Å². The molecule has 2 nitrogen and oxygen atoms in total. The lowest BCUT2D eigenvalue weighted by Crippen LogP contribution is -2.45. The fraction of sp³-hybridized carbons (Fsp3) is 0.625. The number of piperazine rings is 1. The second-order valence-corrected chi connectivity index (χ2v) is 5.44. The zero-order chi connectivity index (χ0) is 13.7. The van der Waals surface area contributed by atoms with E-state index >= 15 is 0 Å². The van der Waals surface area contributed by atoms with Gasteiger partial charge in [0.2, 0.25) is 0 Å². The molecule has 2 rings (SSSR count). The number of hydrogen-bond donors (Lipinski definition) is 1. The summed E-state index contributed by atoms with van der Waals surface area (Å²) in [5, 5.41) is 3.39. The molecule has 1 aliphatic heterocycles. The van der Waals surface area contributed by atoms with E-state index in [1.807, 2.05) is 6.07 Å². The van der Waals surface area contributed by atoms with Crippen molar-refractivity contribution in [3.63, 3.8) is 0 Å². The van der Waals surface area contributed by atoms with Crippen LogP contribution in [0.15, 0.2) is 18.2 Å². The lowest BCUT2D eigenvalue weighted by atomic mass is 9.95. The molecule has 0 amide bonds. The highest BCUT2D eigenvalue weighted by Crippen LogP contribution is 2.29. The van der Waals surface area contributed by atoms with Crippen molar-refractivity contribution in [2.45, 2.75) is 39.2 Å². The van der Waals surface area contributed by atoms with Crippen molar-refractivity contribution >= 4 is 24.8 Å². The van der Waals surface area contributed by atoms with E-state index in [4.69, 9.17) is 0 Å². The first-order chi connectivity index (χ1) is 9.22. The Kier molecular flexibility index (Phi) is 10.2. The zero-order valence-corrected chi connectivity index (χ0v) is 14.5. The molecule has 122 valence electrons. The second-order valence-electron chi connectivity index (χ2n) is 5.44. The summed E-state index contributed by atoms with van der Waals surface area (Å²) in [6.45, 7) is 8.51. The molecule has 1 aromatic carbocycles. The highest BCUT2D eigenvalue weighted by Gasteiger charge is 2.23. The average Bonchev–Trinajstić information content (AvgIpc) is 2.44. The van der Waals surface area contributed by atoms with Crippen LogP contribution in [0.5, 0.6) is 0 Å². The van der Waals surface area contributed by atoms with Gasteiger partial charge in [-0.15, -0.1) is 24.8 Å². The van der Waals surface area contributed by atoms with E-state index in [9.17, 15) is 4.39 Å². The second kappa shape index (κ2) is 10.4. The van der Waals surface area contributed by atoms with Crippen molar-refractivity contribution in [2.24, 2.45) is 0 Å². The van der Waals surface area contributed by atoms with Crippen LogP contribution in [0.25, 0.3) is 0 Å². The maximum Gasteiger partial charge on any atom is 0.123 e. The molecule has 0 radical (unpaired) electrons. The normalized spacial score (nSPS) is 16.7. The van der Waals surface area contributed by atoms with E-state index < -0.39 is 0 Å². The molecule has 1 atom stereocenters. The molecular weight excluding hydrogens is 310 g/mol. The third-order valence-corrected chi connectivity index (χ3v) is 4.02. The number of aryl methyl sites for hydroxylation is 1. The standard InChI is InChI=1S/C16H25FN2.2ClH/c1-3-4-5-16(19-10-8-18-9-11-19)15-12-14(17)7-6-13(15)2;;/h6-7,12,16,18H,3-5,8-11H2,1-2H3;2*1H/t16-;;/m1../s1. The van der Waals surface area contributed by atoms with E-state index in [1.54, 1.807) is 12.1 Å². The van der Waals surface area contributed by atoms with Crippen LogP contribution >= 0.6 is 24.8 Å². The molecule has 1 aliphatic rings. The van der Waals surface area contributed by atoms with Crippen LogP contribution in [0.2, 0.25) is 0 Å². The first-order valence-electron chi connectivity index (χ1n) is 7.43. The topological polar surface area (TPSA) is 15.3 Å². The Bertz CT molecular complexity index is 409. The summed E-state index contributed by atoms with van der Waals surface area (Å²) in [5.74, 6) is -0.114. The van der Waals surface area contributed by atoms with Crippen LogP contribution < -0.4 is 5.32 Å². The van der Waals surface area contributed by atoms with Gasteiger partial charge in [-0.25, -0.2) is 4.39 Å². The lowest BCUT2D eigenvalue weighted by Gasteiger charge is -2.36. The van der Waals surface area contributed by atoms with E-state index in [-0.39, 0.29) is 30.6 Å². The van der Waals surface area contributed by atoms with E-state index in [0.29, 0.717) is 6.04 Å².